The molecule has 4 atom stereocenters. The molecule has 2 aliphatic rings. The molecule has 1 amide bonds. The highest BCUT2D eigenvalue weighted by atomic mass is 16.5. The van der Waals surface area contributed by atoms with Gasteiger partial charge in [-0.2, -0.15) is 0 Å². The van der Waals surface area contributed by atoms with Gasteiger partial charge in [-0.3, -0.25) is 4.79 Å². The fraction of sp³-hybridized carbons (Fsp3) is 0.611. The molecule has 1 aromatic carbocycles. The Balaban J connectivity index is 1.40. The maximum absolute atomic E-state index is 12.3. The summed E-state index contributed by atoms with van der Waals surface area (Å²) in [7, 11) is 1.67. The molecule has 2 fully saturated rings. The molecule has 2 bridgehead atoms. The molecule has 0 spiro atoms. The maximum atomic E-state index is 12.3. The van der Waals surface area contributed by atoms with E-state index in [1.807, 2.05) is 12.1 Å². The number of nitrogens with one attached hydrogen (secondary N) is 1. The van der Waals surface area contributed by atoms with Crippen LogP contribution in [0.2, 0.25) is 0 Å². The summed E-state index contributed by atoms with van der Waals surface area (Å²) in [6.45, 7) is 0.728. The van der Waals surface area contributed by atoms with Crippen LogP contribution < -0.4 is 15.8 Å². The highest BCUT2D eigenvalue weighted by Crippen LogP contribution is 2.47. The predicted molar refractivity (Wildman–Crippen MR) is 86.6 cm³/mol. The zero-order chi connectivity index (χ0) is 15.5. The van der Waals surface area contributed by atoms with Gasteiger partial charge in [0, 0.05) is 12.6 Å². The minimum absolute atomic E-state index is 0.0553. The summed E-state index contributed by atoms with van der Waals surface area (Å²) in [5.41, 5.74) is 7.49. The Kier molecular flexibility index (Phi) is 4.67. The molecule has 1 aromatic rings. The first-order chi connectivity index (χ1) is 10.7. The Morgan fingerprint density at radius 1 is 1.27 bits per heavy atom. The number of fused-ring (bicyclic) bond motifs is 2. The third-order valence-electron chi connectivity index (χ3n) is 5.38. The van der Waals surface area contributed by atoms with Gasteiger partial charge < -0.3 is 15.8 Å². The predicted octanol–water partition coefficient (Wildman–Crippen LogP) is 2.12. The van der Waals surface area contributed by atoms with Crippen molar-refractivity contribution in [2.24, 2.45) is 23.5 Å². The van der Waals surface area contributed by atoms with E-state index in [9.17, 15) is 4.79 Å². The fourth-order valence-electron chi connectivity index (χ4n) is 4.14. The minimum atomic E-state index is 0.0553. The van der Waals surface area contributed by atoms with Crippen molar-refractivity contribution in [1.29, 1.82) is 0 Å². The third kappa shape index (κ3) is 3.12. The van der Waals surface area contributed by atoms with Gasteiger partial charge in [-0.25, -0.2) is 0 Å². The van der Waals surface area contributed by atoms with Crippen molar-refractivity contribution in [2.45, 2.75) is 38.1 Å². The van der Waals surface area contributed by atoms with E-state index in [0.717, 1.165) is 31.6 Å². The molecule has 3 N–H and O–H groups in total. The molecule has 3 rings (SSSR count). The van der Waals surface area contributed by atoms with Crippen LogP contribution in [0.4, 0.5) is 0 Å². The van der Waals surface area contributed by atoms with E-state index in [1.54, 1.807) is 7.11 Å². The molecule has 4 heteroatoms. The average Bonchev–Trinajstić information content (AvgIpc) is 3.13. The average molecular weight is 302 g/mol. The van der Waals surface area contributed by atoms with Gasteiger partial charge in [0.15, 0.2) is 0 Å². The second kappa shape index (κ2) is 6.69. The summed E-state index contributed by atoms with van der Waals surface area (Å²) in [4.78, 5) is 12.3. The Morgan fingerprint density at radius 3 is 2.64 bits per heavy atom. The molecule has 22 heavy (non-hydrogen) atoms. The number of aryl methyl sites for hydroxylation is 1. The Bertz CT molecular complexity index is 512. The highest BCUT2D eigenvalue weighted by Gasteiger charge is 2.48. The van der Waals surface area contributed by atoms with Crippen LogP contribution >= 0.6 is 0 Å². The Morgan fingerprint density at radius 2 is 2.00 bits per heavy atom. The molecular weight excluding hydrogens is 276 g/mol. The first kappa shape index (κ1) is 15.3. The highest BCUT2D eigenvalue weighted by molar-refractivity contribution is 5.80. The van der Waals surface area contributed by atoms with Crippen LogP contribution in [0.5, 0.6) is 5.75 Å². The smallest absolute Gasteiger partial charge is 0.224 e. The van der Waals surface area contributed by atoms with Crippen molar-refractivity contribution in [3.8, 4) is 5.75 Å². The molecule has 0 saturated heterocycles. The van der Waals surface area contributed by atoms with Gasteiger partial charge in [0.05, 0.1) is 13.0 Å². The van der Waals surface area contributed by atoms with E-state index >= 15 is 0 Å². The topological polar surface area (TPSA) is 64.3 Å². The molecule has 2 aliphatic carbocycles. The second-order valence-corrected chi connectivity index (χ2v) is 6.68. The van der Waals surface area contributed by atoms with Gasteiger partial charge in [0.1, 0.15) is 5.75 Å². The van der Waals surface area contributed by atoms with Crippen LogP contribution in [0.3, 0.4) is 0 Å². The van der Waals surface area contributed by atoms with Gasteiger partial charge >= 0.3 is 0 Å². The quantitative estimate of drug-likeness (QED) is 0.791. The normalized spacial score (nSPS) is 29.5. The van der Waals surface area contributed by atoms with Gasteiger partial charge in [0.2, 0.25) is 5.91 Å². The summed E-state index contributed by atoms with van der Waals surface area (Å²) >= 11 is 0. The molecule has 0 heterocycles. The van der Waals surface area contributed by atoms with Crippen LogP contribution in [-0.2, 0) is 11.2 Å². The van der Waals surface area contributed by atoms with Crippen LogP contribution in [-0.4, -0.2) is 25.6 Å². The number of nitrogens with two attached hydrogens (primary N) is 1. The van der Waals surface area contributed by atoms with Gasteiger partial charge in [-0.1, -0.05) is 12.1 Å². The number of rotatable bonds is 6. The van der Waals surface area contributed by atoms with E-state index < -0.39 is 0 Å². The van der Waals surface area contributed by atoms with E-state index in [2.05, 4.69) is 17.4 Å². The maximum Gasteiger partial charge on any atom is 0.224 e. The zero-order valence-corrected chi connectivity index (χ0v) is 13.3. The number of hydrogen-bond donors (Lipinski definition) is 2. The van der Waals surface area contributed by atoms with E-state index in [0.29, 0.717) is 11.8 Å². The zero-order valence-electron chi connectivity index (χ0n) is 13.3. The van der Waals surface area contributed by atoms with E-state index in [-0.39, 0.29) is 17.9 Å². The lowest BCUT2D eigenvalue weighted by atomic mass is 9.84. The molecule has 0 radical (unpaired) electrons. The number of hydrogen-bond acceptors (Lipinski definition) is 3. The first-order valence-electron chi connectivity index (χ1n) is 8.35. The number of amides is 1. The molecule has 0 aliphatic heterocycles. The SMILES string of the molecule is COc1ccc(CCCNC(=O)C2C3CCC(C3)C2N)cc1. The van der Waals surface area contributed by atoms with Crippen molar-refractivity contribution in [3.05, 3.63) is 29.8 Å². The summed E-state index contributed by atoms with van der Waals surface area (Å²) < 4.78 is 5.15. The summed E-state index contributed by atoms with van der Waals surface area (Å²) in [6, 6.07) is 8.18. The van der Waals surface area contributed by atoms with Crippen LogP contribution in [0, 0.1) is 17.8 Å². The molecule has 120 valence electrons. The van der Waals surface area contributed by atoms with Gasteiger partial charge in [-0.15, -0.1) is 0 Å². The number of methoxy groups -OCH3 is 1. The Hall–Kier alpha value is -1.55. The Labute approximate surface area is 132 Å². The standard InChI is InChI=1S/C18H26N2O2/c1-22-15-8-4-12(5-9-15)3-2-10-20-18(21)16-13-6-7-14(11-13)17(16)19/h4-5,8-9,13-14,16-17H,2-3,6-7,10-11,19H2,1H3,(H,20,21). The monoisotopic (exact) mass is 302 g/mol. The van der Waals surface area contributed by atoms with Crippen molar-refractivity contribution >= 4 is 5.91 Å². The van der Waals surface area contributed by atoms with Crippen LogP contribution in [0.1, 0.15) is 31.2 Å². The third-order valence-corrected chi connectivity index (χ3v) is 5.38. The van der Waals surface area contributed by atoms with Crippen LogP contribution in [0.15, 0.2) is 24.3 Å². The molecule has 4 nitrogen and oxygen atoms in total. The fourth-order valence-corrected chi connectivity index (χ4v) is 4.14. The van der Waals surface area contributed by atoms with Crippen molar-refractivity contribution in [1.82, 2.24) is 5.32 Å². The number of ether oxygens (including phenoxy) is 1. The van der Waals surface area contributed by atoms with Crippen molar-refractivity contribution in [2.75, 3.05) is 13.7 Å². The van der Waals surface area contributed by atoms with E-state index in [1.165, 1.54) is 18.4 Å². The summed E-state index contributed by atoms with van der Waals surface area (Å²) in [6.07, 6.45) is 5.47. The lowest BCUT2D eigenvalue weighted by molar-refractivity contribution is -0.127. The minimum Gasteiger partial charge on any atom is -0.497 e. The molecule has 0 aromatic heterocycles. The number of carbonyl (C=O) groups excluding carboxylic acids is 1. The lowest BCUT2D eigenvalue weighted by Gasteiger charge is -2.27. The summed E-state index contributed by atoms with van der Waals surface area (Å²) in [5, 5.41) is 3.09. The van der Waals surface area contributed by atoms with Crippen molar-refractivity contribution < 1.29 is 9.53 Å². The van der Waals surface area contributed by atoms with Crippen molar-refractivity contribution in [3.63, 3.8) is 0 Å². The molecule has 4 unspecified atom stereocenters. The largest absolute Gasteiger partial charge is 0.497 e. The van der Waals surface area contributed by atoms with Gasteiger partial charge in [-0.05, 0) is 61.6 Å². The van der Waals surface area contributed by atoms with Crippen LogP contribution in [0.25, 0.3) is 0 Å². The first-order valence-corrected chi connectivity index (χ1v) is 8.35. The molecule has 2 saturated carbocycles. The molecular formula is C18H26N2O2. The van der Waals surface area contributed by atoms with Gasteiger partial charge in [0.25, 0.3) is 0 Å². The number of benzene rings is 1. The second-order valence-electron chi connectivity index (χ2n) is 6.68. The summed E-state index contributed by atoms with van der Waals surface area (Å²) in [5.74, 6) is 2.22. The number of carbonyl (C=O) groups is 1. The lowest BCUT2D eigenvalue weighted by Crippen LogP contribution is -2.45. The van der Waals surface area contributed by atoms with E-state index in [4.69, 9.17) is 10.5 Å².